The Bertz CT molecular complexity index is 220. The summed E-state index contributed by atoms with van der Waals surface area (Å²) in [5.74, 6) is 2.20. The Morgan fingerprint density at radius 3 is 2.42 bits per heavy atom. The summed E-state index contributed by atoms with van der Waals surface area (Å²) >= 11 is 1.83. The van der Waals surface area contributed by atoms with Crippen LogP contribution in [-0.2, 0) is 10.0 Å². The largest absolute Gasteiger partial charge is 0.214 e. The summed E-state index contributed by atoms with van der Waals surface area (Å²) in [7, 11) is -2.91. The average molecular weight is 209 g/mol. The first-order valence-corrected chi connectivity index (χ1v) is 6.99. The Morgan fingerprint density at radius 1 is 1.33 bits per heavy atom. The molecule has 3 nitrogen and oxygen atoms in total. The normalized spacial score (nSPS) is 21.1. The predicted molar refractivity (Wildman–Crippen MR) is 53.0 cm³/mol. The van der Waals surface area contributed by atoms with Gasteiger partial charge in [0.2, 0.25) is 10.0 Å². The minimum Gasteiger partial charge on any atom is -0.212 e. The molecular formula is C7H15NO2S2. The van der Waals surface area contributed by atoms with Gasteiger partial charge in [-0.3, -0.25) is 0 Å². The van der Waals surface area contributed by atoms with Crippen molar-refractivity contribution in [1.29, 1.82) is 0 Å². The summed E-state index contributed by atoms with van der Waals surface area (Å²) in [5, 5.41) is 0. The van der Waals surface area contributed by atoms with Gasteiger partial charge in [0.05, 0.1) is 5.75 Å². The highest BCUT2D eigenvalue weighted by Crippen LogP contribution is 2.13. The van der Waals surface area contributed by atoms with E-state index in [-0.39, 0.29) is 0 Å². The Morgan fingerprint density at radius 2 is 1.92 bits per heavy atom. The lowest BCUT2D eigenvalue weighted by Crippen LogP contribution is -2.39. The van der Waals surface area contributed by atoms with Crippen molar-refractivity contribution in [1.82, 2.24) is 4.31 Å². The van der Waals surface area contributed by atoms with Crippen LogP contribution in [0.25, 0.3) is 0 Å². The number of nitrogens with zero attached hydrogens (tertiary/aromatic N) is 1. The second-order valence-corrected chi connectivity index (χ2v) is 6.14. The quantitative estimate of drug-likeness (QED) is 0.689. The standard InChI is InChI=1S/C7H15NO2S2/c1-2-7-12(9,10)8-3-5-11-6-4-8/h2-7H2,1H3. The zero-order valence-corrected chi connectivity index (χ0v) is 8.96. The third kappa shape index (κ3) is 2.64. The smallest absolute Gasteiger partial charge is 0.212 e. The predicted octanol–water partition coefficient (Wildman–Crippen LogP) is 0.775. The van der Waals surface area contributed by atoms with Crippen LogP contribution in [0.5, 0.6) is 0 Å². The molecule has 1 rings (SSSR count). The summed E-state index contributed by atoms with van der Waals surface area (Å²) in [6.07, 6.45) is 0.714. The molecule has 0 amide bonds. The molecule has 0 N–H and O–H groups in total. The number of sulfonamides is 1. The molecule has 0 radical (unpaired) electrons. The van der Waals surface area contributed by atoms with Gasteiger partial charge in [-0.25, -0.2) is 12.7 Å². The number of hydrogen-bond donors (Lipinski definition) is 0. The second-order valence-electron chi connectivity index (χ2n) is 2.83. The highest BCUT2D eigenvalue weighted by atomic mass is 32.2. The summed E-state index contributed by atoms with van der Waals surface area (Å²) in [4.78, 5) is 0. The molecule has 72 valence electrons. The molecule has 5 heteroatoms. The maximum absolute atomic E-state index is 11.5. The fourth-order valence-electron chi connectivity index (χ4n) is 1.21. The maximum Gasteiger partial charge on any atom is 0.214 e. The third-order valence-corrected chi connectivity index (χ3v) is 4.84. The molecule has 0 aliphatic carbocycles. The van der Waals surface area contributed by atoms with E-state index in [9.17, 15) is 8.42 Å². The first kappa shape index (κ1) is 10.3. The van der Waals surface area contributed by atoms with Gasteiger partial charge in [-0.1, -0.05) is 6.92 Å². The maximum atomic E-state index is 11.5. The average Bonchev–Trinajstić information content (AvgIpc) is 2.06. The van der Waals surface area contributed by atoms with E-state index < -0.39 is 10.0 Å². The van der Waals surface area contributed by atoms with Gasteiger partial charge in [0.25, 0.3) is 0 Å². The SMILES string of the molecule is CCCS(=O)(=O)N1CCSCC1. The molecular weight excluding hydrogens is 194 g/mol. The molecule has 0 bridgehead atoms. The lowest BCUT2D eigenvalue weighted by Gasteiger charge is -2.25. The molecule has 0 aromatic carbocycles. The van der Waals surface area contributed by atoms with Crippen LogP contribution in [0.2, 0.25) is 0 Å². The van der Waals surface area contributed by atoms with Crippen LogP contribution in [0, 0.1) is 0 Å². The molecule has 1 saturated heterocycles. The van der Waals surface area contributed by atoms with Crippen molar-refractivity contribution in [2.75, 3.05) is 30.3 Å². The molecule has 0 spiro atoms. The molecule has 0 atom stereocenters. The Balaban J connectivity index is 2.54. The van der Waals surface area contributed by atoms with Gasteiger partial charge in [-0.05, 0) is 6.42 Å². The van der Waals surface area contributed by atoms with Crippen LogP contribution in [0.3, 0.4) is 0 Å². The third-order valence-electron chi connectivity index (χ3n) is 1.83. The van der Waals surface area contributed by atoms with Crippen molar-refractivity contribution in [3.8, 4) is 0 Å². The molecule has 1 aliphatic heterocycles. The number of rotatable bonds is 3. The second kappa shape index (κ2) is 4.48. The van der Waals surface area contributed by atoms with E-state index in [1.54, 1.807) is 4.31 Å². The van der Waals surface area contributed by atoms with E-state index in [0.29, 0.717) is 25.3 Å². The first-order valence-electron chi connectivity index (χ1n) is 4.22. The van der Waals surface area contributed by atoms with Crippen molar-refractivity contribution in [3.05, 3.63) is 0 Å². The van der Waals surface area contributed by atoms with Crippen LogP contribution >= 0.6 is 11.8 Å². The number of hydrogen-bond acceptors (Lipinski definition) is 3. The van der Waals surface area contributed by atoms with E-state index in [2.05, 4.69) is 0 Å². The van der Waals surface area contributed by atoms with Gasteiger partial charge < -0.3 is 0 Å². The summed E-state index contributed by atoms with van der Waals surface area (Å²) in [6.45, 7) is 3.30. The minimum absolute atomic E-state index is 0.303. The lowest BCUT2D eigenvalue weighted by molar-refractivity contribution is 0.443. The van der Waals surface area contributed by atoms with Gasteiger partial charge in [-0.15, -0.1) is 0 Å². The molecule has 1 heterocycles. The Kier molecular flexibility index (Phi) is 3.86. The van der Waals surface area contributed by atoms with Gasteiger partial charge in [-0.2, -0.15) is 11.8 Å². The van der Waals surface area contributed by atoms with Crippen LogP contribution in [-0.4, -0.2) is 43.1 Å². The van der Waals surface area contributed by atoms with Gasteiger partial charge in [0.15, 0.2) is 0 Å². The summed E-state index contributed by atoms with van der Waals surface area (Å²) < 4.78 is 24.6. The van der Waals surface area contributed by atoms with E-state index in [4.69, 9.17) is 0 Å². The molecule has 1 aliphatic rings. The van der Waals surface area contributed by atoms with Crippen LogP contribution in [0.1, 0.15) is 13.3 Å². The van der Waals surface area contributed by atoms with Gasteiger partial charge in [0.1, 0.15) is 0 Å². The summed E-state index contributed by atoms with van der Waals surface area (Å²) in [5.41, 5.74) is 0. The van der Waals surface area contributed by atoms with E-state index in [0.717, 1.165) is 11.5 Å². The van der Waals surface area contributed by atoms with E-state index >= 15 is 0 Å². The van der Waals surface area contributed by atoms with Crippen LogP contribution < -0.4 is 0 Å². The van der Waals surface area contributed by atoms with Crippen molar-refractivity contribution in [2.45, 2.75) is 13.3 Å². The highest BCUT2D eigenvalue weighted by molar-refractivity contribution is 7.99. The summed E-state index contributed by atoms with van der Waals surface area (Å²) in [6, 6.07) is 0. The topological polar surface area (TPSA) is 37.4 Å². The molecule has 1 fully saturated rings. The van der Waals surface area contributed by atoms with Crippen molar-refractivity contribution in [3.63, 3.8) is 0 Å². The minimum atomic E-state index is -2.91. The Labute approximate surface area is 78.6 Å². The molecule has 0 aromatic heterocycles. The van der Waals surface area contributed by atoms with Gasteiger partial charge in [0, 0.05) is 24.6 Å². The fourth-order valence-corrected chi connectivity index (χ4v) is 3.86. The van der Waals surface area contributed by atoms with Gasteiger partial charge >= 0.3 is 0 Å². The van der Waals surface area contributed by atoms with Crippen LogP contribution in [0.4, 0.5) is 0 Å². The monoisotopic (exact) mass is 209 g/mol. The molecule has 0 saturated carbocycles. The molecule has 12 heavy (non-hydrogen) atoms. The zero-order valence-electron chi connectivity index (χ0n) is 7.32. The number of thioether (sulfide) groups is 1. The Hall–Kier alpha value is 0.260. The molecule has 0 aromatic rings. The van der Waals surface area contributed by atoms with E-state index in [1.807, 2.05) is 18.7 Å². The zero-order chi connectivity index (χ0) is 9.03. The lowest BCUT2D eigenvalue weighted by atomic mass is 10.6. The van der Waals surface area contributed by atoms with Crippen LogP contribution in [0.15, 0.2) is 0 Å². The first-order chi connectivity index (χ1) is 5.67. The van der Waals surface area contributed by atoms with E-state index in [1.165, 1.54) is 0 Å². The highest BCUT2D eigenvalue weighted by Gasteiger charge is 2.22. The van der Waals surface area contributed by atoms with Crippen molar-refractivity contribution in [2.24, 2.45) is 0 Å². The van der Waals surface area contributed by atoms with Crippen molar-refractivity contribution < 1.29 is 8.42 Å². The molecule has 0 unspecified atom stereocenters. The van der Waals surface area contributed by atoms with Crippen molar-refractivity contribution >= 4 is 21.8 Å². The fraction of sp³-hybridized carbons (Fsp3) is 1.00.